The van der Waals surface area contributed by atoms with Crippen molar-refractivity contribution in [2.45, 2.75) is 38.3 Å². The minimum atomic E-state index is -0.996. The van der Waals surface area contributed by atoms with Crippen molar-refractivity contribution in [3.63, 3.8) is 0 Å². The van der Waals surface area contributed by atoms with Crippen molar-refractivity contribution in [2.24, 2.45) is 0 Å². The summed E-state index contributed by atoms with van der Waals surface area (Å²) in [5, 5.41) is 22.8. The van der Waals surface area contributed by atoms with Gasteiger partial charge in [0.15, 0.2) is 0 Å². The molecule has 0 fully saturated rings. The fourth-order valence-electron chi connectivity index (χ4n) is 1.22. The molecular weight excluding hydrogens is 212 g/mol. The molecule has 0 radical (unpaired) electrons. The number of aliphatic hydroxyl groups excluding tert-OH is 1. The minimum absolute atomic E-state index is 0.400. The van der Waals surface area contributed by atoms with Crippen LogP contribution in [0.1, 0.15) is 26.2 Å². The number of aliphatic hydroxyl groups is 1. The molecule has 4 N–H and O–H groups in total. The third kappa shape index (κ3) is 6.36. The Balaban J connectivity index is 3.53. The number of rotatable bonds is 8. The maximum absolute atomic E-state index is 10.9. The van der Waals surface area contributed by atoms with Crippen molar-refractivity contribution in [1.82, 2.24) is 10.6 Å². The highest BCUT2D eigenvalue weighted by Crippen LogP contribution is 2.00. The number of nitrogens with one attached hydrogen (secondary N) is 2. The van der Waals surface area contributed by atoms with E-state index in [4.69, 9.17) is 10.2 Å². The zero-order valence-corrected chi connectivity index (χ0v) is 9.69. The molecule has 0 aromatic rings. The molecule has 1 amide bonds. The van der Waals surface area contributed by atoms with E-state index >= 15 is 0 Å². The summed E-state index contributed by atoms with van der Waals surface area (Å²) in [5.74, 6) is -1.26. The Kier molecular flexibility index (Phi) is 7.49. The fraction of sp³-hybridized carbons (Fsp3) is 0.800. The first kappa shape index (κ1) is 14.9. The minimum Gasteiger partial charge on any atom is -0.480 e. The van der Waals surface area contributed by atoms with Crippen LogP contribution in [0, 0.1) is 0 Å². The molecule has 0 saturated carbocycles. The summed E-state index contributed by atoms with van der Waals surface area (Å²) in [6.07, 6.45) is 0.933. The Bertz CT molecular complexity index is 231. The van der Waals surface area contributed by atoms with E-state index in [9.17, 15) is 9.59 Å². The summed E-state index contributed by atoms with van der Waals surface area (Å²) < 4.78 is 0. The van der Waals surface area contributed by atoms with Crippen LogP contribution in [0.25, 0.3) is 0 Å². The highest BCUT2D eigenvalue weighted by molar-refractivity contribution is 5.79. The second-order valence-corrected chi connectivity index (χ2v) is 3.64. The topological polar surface area (TPSA) is 98.7 Å². The molecular formula is C10H20N2O4. The lowest BCUT2D eigenvalue weighted by Crippen LogP contribution is -2.35. The van der Waals surface area contributed by atoms with E-state index in [1.165, 1.54) is 6.92 Å². The molecule has 94 valence electrons. The standard InChI is InChI=1S/C10H20N2O4/c1-7(13)9(14)12-6-4-3-5-8(11-2)10(15)16/h7-8,11,13H,3-6H2,1-2H3,(H,12,14)(H,15,16)/t7-,8+/m1/s1. The van der Waals surface area contributed by atoms with Gasteiger partial charge < -0.3 is 20.8 Å². The van der Waals surface area contributed by atoms with Gasteiger partial charge in [0.1, 0.15) is 12.1 Å². The van der Waals surface area contributed by atoms with Crippen LogP contribution in [0.2, 0.25) is 0 Å². The predicted octanol–water partition coefficient (Wildman–Crippen LogP) is -0.674. The quantitative estimate of drug-likeness (QED) is 0.416. The number of aliphatic carboxylic acids is 1. The molecule has 0 saturated heterocycles. The van der Waals surface area contributed by atoms with Gasteiger partial charge >= 0.3 is 5.97 Å². The maximum atomic E-state index is 10.9. The molecule has 0 unspecified atom stereocenters. The molecule has 0 spiro atoms. The Labute approximate surface area is 95.0 Å². The van der Waals surface area contributed by atoms with Gasteiger partial charge in [-0.1, -0.05) is 0 Å². The normalized spacial score (nSPS) is 14.2. The van der Waals surface area contributed by atoms with Crippen LogP contribution < -0.4 is 10.6 Å². The number of hydrogen-bond donors (Lipinski definition) is 4. The van der Waals surface area contributed by atoms with Crippen LogP contribution >= 0.6 is 0 Å². The van der Waals surface area contributed by atoms with Crippen LogP contribution in [0.5, 0.6) is 0 Å². The summed E-state index contributed by atoms with van der Waals surface area (Å²) in [5.41, 5.74) is 0. The number of carbonyl (C=O) groups excluding carboxylic acids is 1. The van der Waals surface area contributed by atoms with Gasteiger partial charge in [-0.3, -0.25) is 9.59 Å². The van der Waals surface area contributed by atoms with Crippen molar-refractivity contribution >= 4 is 11.9 Å². The monoisotopic (exact) mass is 232 g/mol. The lowest BCUT2D eigenvalue weighted by molar-refractivity contribution is -0.139. The third-order valence-electron chi connectivity index (χ3n) is 2.24. The van der Waals surface area contributed by atoms with Crippen LogP contribution in [-0.4, -0.2) is 47.8 Å². The third-order valence-corrected chi connectivity index (χ3v) is 2.24. The van der Waals surface area contributed by atoms with Gasteiger partial charge in [0.2, 0.25) is 5.91 Å². The van der Waals surface area contributed by atoms with Gasteiger partial charge in [0.25, 0.3) is 0 Å². The number of amides is 1. The van der Waals surface area contributed by atoms with Gasteiger partial charge in [0, 0.05) is 6.54 Å². The van der Waals surface area contributed by atoms with Crippen molar-refractivity contribution in [2.75, 3.05) is 13.6 Å². The Hall–Kier alpha value is -1.14. The number of unbranched alkanes of at least 4 members (excludes halogenated alkanes) is 1. The Morgan fingerprint density at radius 1 is 1.31 bits per heavy atom. The molecule has 6 heteroatoms. The first-order valence-corrected chi connectivity index (χ1v) is 5.35. The number of likely N-dealkylation sites (N-methyl/N-ethyl adjacent to an activating group) is 1. The summed E-state index contributed by atoms with van der Waals surface area (Å²) >= 11 is 0. The van der Waals surface area contributed by atoms with Gasteiger partial charge in [-0.2, -0.15) is 0 Å². The van der Waals surface area contributed by atoms with E-state index in [0.717, 1.165) is 0 Å². The first-order chi connectivity index (χ1) is 7.49. The van der Waals surface area contributed by atoms with Crippen molar-refractivity contribution < 1.29 is 19.8 Å². The van der Waals surface area contributed by atoms with Gasteiger partial charge in [0.05, 0.1) is 0 Å². The van der Waals surface area contributed by atoms with E-state index in [1.54, 1.807) is 7.05 Å². The van der Waals surface area contributed by atoms with Gasteiger partial charge in [-0.25, -0.2) is 0 Å². The predicted molar refractivity (Wildman–Crippen MR) is 59.0 cm³/mol. The smallest absolute Gasteiger partial charge is 0.320 e. The van der Waals surface area contributed by atoms with Gasteiger partial charge in [-0.05, 0) is 33.2 Å². The van der Waals surface area contributed by atoms with E-state index in [-0.39, 0.29) is 0 Å². The Morgan fingerprint density at radius 2 is 1.94 bits per heavy atom. The second kappa shape index (κ2) is 8.06. The summed E-state index contributed by atoms with van der Waals surface area (Å²) in [4.78, 5) is 21.6. The summed E-state index contributed by atoms with van der Waals surface area (Å²) in [6, 6.07) is -0.535. The molecule has 0 aliphatic heterocycles. The molecule has 0 rings (SSSR count). The highest BCUT2D eigenvalue weighted by atomic mass is 16.4. The molecule has 0 heterocycles. The summed E-state index contributed by atoms with van der Waals surface area (Å²) in [7, 11) is 1.61. The largest absolute Gasteiger partial charge is 0.480 e. The average Bonchev–Trinajstić information content (AvgIpc) is 2.22. The maximum Gasteiger partial charge on any atom is 0.320 e. The molecule has 0 aromatic heterocycles. The van der Waals surface area contributed by atoms with E-state index in [2.05, 4.69) is 10.6 Å². The van der Waals surface area contributed by atoms with Crippen molar-refractivity contribution in [3.8, 4) is 0 Å². The molecule has 0 aliphatic carbocycles. The van der Waals surface area contributed by atoms with Crippen LogP contribution in [0.15, 0.2) is 0 Å². The Morgan fingerprint density at radius 3 is 2.38 bits per heavy atom. The summed E-state index contributed by atoms with van der Waals surface area (Å²) in [6.45, 7) is 1.86. The molecule has 0 aliphatic rings. The lowest BCUT2D eigenvalue weighted by atomic mass is 10.1. The van der Waals surface area contributed by atoms with Crippen LogP contribution in [0.3, 0.4) is 0 Å². The van der Waals surface area contributed by atoms with Crippen LogP contribution in [-0.2, 0) is 9.59 Å². The van der Waals surface area contributed by atoms with Crippen molar-refractivity contribution in [3.05, 3.63) is 0 Å². The lowest BCUT2D eigenvalue weighted by Gasteiger charge is -2.11. The van der Waals surface area contributed by atoms with E-state index < -0.39 is 24.0 Å². The van der Waals surface area contributed by atoms with Gasteiger partial charge in [-0.15, -0.1) is 0 Å². The second-order valence-electron chi connectivity index (χ2n) is 3.64. The van der Waals surface area contributed by atoms with Crippen molar-refractivity contribution in [1.29, 1.82) is 0 Å². The highest BCUT2D eigenvalue weighted by Gasteiger charge is 2.13. The number of carboxylic acid groups (broad SMARTS) is 1. The number of carboxylic acids is 1. The first-order valence-electron chi connectivity index (χ1n) is 5.35. The molecule has 6 nitrogen and oxygen atoms in total. The molecule has 0 bridgehead atoms. The van der Waals surface area contributed by atoms with E-state index in [1.807, 2.05) is 0 Å². The van der Waals surface area contributed by atoms with Crippen LogP contribution in [0.4, 0.5) is 0 Å². The zero-order chi connectivity index (χ0) is 12.6. The molecule has 0 aromatic carbocycles. The SMILES string of the molecule is CN[C@@H](CCCCNC(=O)[C@@H](C)O)C(=O)O. The molecule has 16 heavy (non-hydrogen) atoms. The number of hydrogen-bond acceptors (Lipinski definition) is 4. The zero-order valence-electron chi connectivity index (χ0n) is 9.69. The fourth-order valence-corrected chi connectivity index (χ4v) is 1.22. The molecule has 2 atom stereocenters. The number of carbonyl (C=O) groups is 2. The van der Waals surface area contributed by atoms with E-state index in [0.29, 0.717) is 25.8 Å². The average molecular weight is 232 g/mol.